The summed E-state index contributed by atoms with van der Waals surface area (Å²) >= 11 is 12.1. The van der Waals surface area contributed by atoms with E-state index in [0.29, 0.717) is 23.0 Å². The van der Waals surface area contributed by atoms with Gasteiger partial charge in [0.15, 0.2) is 0 Å². The zero-order valence-electron chi connectivity index (χ0n) is 11.6. The van der Waals surface area contributed by atoms with Crippen LogP contribution in [0.15, 0.2) is 42.5 Å². The molecule has 0 saturated heterocycles. The fourth-order valence-electron chi connectivity index (χ4n) is 1.83. The minimum atomic E-state index is -0.0295. The van der Waals surface area contributed by atoms with Crippen molar-refractivity contribution < 1.29 is 4.79 Å². The first-order valence-electron chi connectivity index (χ1n) is 6.66. The molecule has 2 aromatic rings. The molecule has 0 aliphatic heterocycles. The van der Waals surface area contributed by atoms with Gasteiger partial charge in [0.05, 0.1) is 10.7 Å². The van der Waals surface area contributed by atoms with Gasteiger partial charge in [0.1, 0.15) is 0 Å². The fraction of sp³-hybridized carbons (Fsp3) is 0.188. The molecule has 0 spiro atoms. The Morgan fingerprint density at radius 1 is 1.14 bits per heavy atom. The molecule has 3 nitrogen and oxygen atoms in total. The van der Waals surface area contributed by atoms with E-state index >= 15 is 0 Å². The Hall–Kier alpha value is -1.71. The summed E-state index contributed by atoms with van der Waals surface area (Å²) in [5.41, 5.74) is 2.55. The van der Waals surface area contributed by atoms with E-state index in [4.69, 9.17) is 23.2 Å². The van der Waals surface area contributed by atoms with Gasteiger partial charge in [-0.2, -0.15) is 0 Å². The number of carbonyl (C=O) groups is 1. The Labute approximate surface area is 134 Å². The van der Waals surface area contributed by atoms with Crippen molar-refractivity contribution in [3.8, 4) is 0 Å². The Morgan fingerprint density at radius 3 is 2.67 bits per heavy atom. The molecule has 0 aliphatic carbocycles. The Morgan fingerprint density at radius 2 is 1.95 bits per heavy atom. The predicted octanol–water partition coefficient (Wildman–Crippen LogP) is 4.95. The molecular weight excluding hydrogens is 307 g/mol. The quantitative estimate of drug-likeness (QED) is 0.817. The second-order valence-corrected chi connectivity index (χ2v) is 5.42. The van der Waals surface area contributed by atoms with Crippen LogP contribution in [-0.2, 0) is 11.3 Å². The molecule has 1 amide bonds. The number of nitrogens with one attached hydrogen (secondary N) is 2. The third-order valence-corrected chi connectivity index (χ3v) is 3.51. The molecule has 0 bridgehead atoms. The van der Waals surface area contributed by atoms with E-state index < -0.39 is 0 Å². The molecule has 0 aromatic heterocycles. The summed E-state index contributed by atoms with van der Waals surface area (Å²) in [5, 5.41) is 7.36. The van der Waals surface area contributed by atoms with Crippen molar-refractivity contribution in [3.05, 3.63) is 58.1 Å². The third kappa shape index (κ3) is 4.66. The first kappa shape index (κ1) is 15.7. The van der Waals surface area contributed by atoms with E-state index in [2.05, 4.69) is 10.6 Å². The van der Waals surface area contributed by atoms with Gasteiger partial charge in [-0.3, -0.25) is 4.79 Å². The zero-order chi connectivity index (χ0) is 15.2. The molecule has 0 saturated carbocycles. The summed E-state index contributed by atoms with van der Waals surface area (Å²) in [6.07, 6.45) is 0.438. The summed E-state index contributed by atoms with van der Waals surface area (Å²) in [5.74, 6) is -0.0295. The Kier molecular flexibility index (Phi) is 5.48. The highest BCUT2D eigenvalue weighted by Crippen LogP contribution is 2.26. The summed E-state index contributed by atoms with van der Waals surface area (Å²) < 4.78 is 0. The van der Waals surface area contributed by atoms with Crippen molar-refractivity contribution in [1.29, 1.82) is 0 Å². The lowest BCUT2D eigenvalue weighted by Gasteiger charge is -2.11. The molecule has 2 rings (SSSR count). The van der Waals surface area contributed by atoms with Gasteiger partial charge in [0.25, 0.3) is 0 Å². The number of halogens is 2. The van der Waals surface area contributed by atoms with Crippen molar-refractivity contribution in [2.75, 3.05) is 10.6 Å². The molecule has 0 aliphatic rings. The maximum absolute atomic E-state index is 11.4. The Balaban J connectivity index is 2.08. The van der Waals surface area contributed by atoms with Crippen LogP contribution in [0.5, 0.6) is 0 Å². The molecule has 0 heterocycles. The molecule has 0 fully saturated rings. The molecule has 5 heteroatoms. The second kappa shape index (κ2) is 7.34. The number of rotatable bonds is 5. The lowest BCUT2D eigenvalue weighted by Crippen LogP contribution is -2.09. The minimum Gasteiger partial charge on any atom is -0.380 e. The van der Waals surface area contributed by atoms with E-state index in [0.717, 1.165) is 16.9 Å². The third-order valence-electron chi connectivity index (χ3n) is 2.94. The number of anilines is 2. The molecule has 110 valence electrons. The van der Waals surface area contributed by atoms with Crippen molar-refractivity contribution in [2.45, 2.75) is 19.9 Å². The summed E-state index contributed by atoms with van der Waals surface area (Å²) in [4.78, 5) is 11.4. The lowest BCUT2D eigenvalue weighted by atomic mass is 10.2. The van der Waals surface area contributed by atoms with Crippen molar-refractivity contribution in [3.63, 3.8) is 0 Å². The molecule has 21 heavy (non-hydrogen) atoms. The van der Waals surface area contributed by atoms with Crippen LogP contribution in [0.1, 0.15) is 18.9 Å². The zero-order valence-corrected chi connectivity index (χ0v) is 13.1. The number of benzene rings is 2. The summed E-state index contributed by atoms with van der Waals surface area (Å²) in [6, 6.07) is 13.0. The highest BCUT2D eigenvalue weighted by molar-refractivity contribution is 6.33. The minimum absolute atomic E-state index is 0.0295. The number of hydrogen-bond acceptors (Lipinski definition) is 2. The monoisotopic (exact) mass is 322 g/mol. The van der Waals surface area contributed by atoms with Crippen LogP contribution in [0.4, 0.5) is 11.4 Å². The number of hydrogen-bond donors (Lipinski definition) is 2. The first-order chi connectivity index (χ1) is 10.1. The van der Waals surface area contributed by atoms with E-state index in [1.807, 2.05) is 37.3 Å². The van der Waals surface area contributed by atoms with E-state index in [-0.39, 0.29) is 5.91 Å². The number of amides is 1. The average Bonchev–Trinajstić information content (AvgIpc) is 2.47. The average molecular weight is 323 g/mol. The predicted molar refractivity (Wildman–Crippen MR) is 89.2 cm³/mol. The normalized spacial score (nSPS) is 10.2. The largest absolute Gasteiger partial charge is 0.380 e. The van der Waals surface area contributed by atoms with Gasteiger partial charge in [-0.1, -0.05) is 42.3 Å². The van der Waals surface area contributed by atoms with Crippen LogP contribution < -0.4 is 10.6 Å². The van der Waals surface area contributed by atoms with Gasteiger partial charge < -0.3 is 10.6 Å². The maximum Gasteiger partial charge on any atom is 0.224 e. The standard InChI is InChI=1S/C16H16Cl2N2O/c1-2-16(21)20-13-6-7-14(18)15(9-13)19-10-11-4-3-5-12(17)8-11/h3-9,19H,2,10H2,1H3,(H,20,21). The van der Waals surface area contributed by atoms with Gasteiger partial charge in [-0.05, 0) is 35.9 Å². The lowest BCUT2D eigenvalue weighted by molar-refractivity contribution is -0.115. The molecule has 0 atom stereocenters. The van der Waals surface area contributed by atoms with Crippen molar-refractivity contribution in [1.82, 2.24) is 0 Å². The van der Waals surface area contributed by atoms with E-state index in [1.54, 1.807) is 12.1 Å². The molecule has 0 unspecified atom stereocenters. The van der Waals surface area contributed by atoms with Crippen LogP contribution in [0.25, 0.3) is 0 Å². The summed E-state index contributed by atoms with van der Waals surface area (Å²) in [6.45, 7) is 2.41. The van der Waals surface area contributed by atoms with E-state index in [1.165, 1.54) is 0 Å². The van der Waals surface area contributed by atoms with Crippen LogP contribution in [0, 0.1) is 0 Å². The first-order valence-corrected chi connectivity index (χ1v) is 7.42. The van der Waals surface area contributed by atoms with Gasteiger partial charge in [0.2, 0.25) is 5.91 Å². The fourth-order valence-corrected chi connectivity index (χ4v) is 2.23. The van der Waals surface area contributed by atoms with Crippen LogP contribution in [0.2, 0.25) is 10.0 Å². The Bertz CT molecular complexity index is 644. The molecule has 2 aromatic carbocycles. The van der Waals surface area contributed by atoms with Crippen molar-refractivity contribution >= 4 is 40.5 Å². The topological polar surface area (TPSA) is 41.1 Å². The number of carbonyl (C=O) groups excluding carboxylic acids is 1. The maximum atomic E-state index is 11.4. The highest BCUT2D eigenvalue weighted by atomic mass is 35.5. The van der Waals surface area contributed by atoms with Crippen LogP contribution >= 0.6 is 23.2 Å². The van der Waals surface area contributed by atoms with Gasteiger partial charge >= 0.3 is 0 Å². The summed E-state index contributed by atoms with van der Waals surface area (Å²) in [7, 11) is 0. The molecule has 0 radical (unpaired) electrons. The second-order valence-electron chi connectivity index (χ2n) is 4.58. The molecular formula is C16H16Cl2N2O. The van der Waals surface area contributed by atoms with Crippen molar-refractivity contribution in [2.24, 2.45) is 0 Å². The molecule has 2 N–H and O–H groups in total. The van der Waals surface area contributed by atoms with Gasteiger partial charge in [-0.15, -0.1) is 0 Å². The van der Waals surface area contributed by atoms with Gasteiger partial charge in [-0.25, -0.2) is 0 Å². The smallest absolute Gasteiger partial charge is 0.224 e. The van der Waals surface area contributed by atoms with Gasteiger partial charge in [0, 0.05) is 23.7 Å². The van der Waals surface area contributed by atoms with Crippen LogP contribution in [0.3, 0.4) is 0 Å². The SMILES string of the molecule is CCC(=O)Nc1ccc(Cl)c(NCc2cccc(Cl)c2)c1. The highest BCUT2D eigenvalue weighted by Gasteiger charge is 2.04. The van der Waals surface area contributed by atoms with Crippen LogP contribution in [-0.4, -0.2) is 5.91 Å². The van der Waals surface area contributed by atoms with E-state index in [9.17, 15) is 4.79 Å².